The molecule has 0 aliphatic heterocycles. The van der Waals surface area contributed by atoms with Crippen molar-refractivity contribution in [2.75, 3.05) is 29.2 Å². The molecule has 0 spiro atoms. The Morgan fingerprint density at radius 3 is 2.94 bits per heavy atom. The summed E-state index contributed by atoms with van der Waals surface area (Å²) in [5.74, 6) is 0.401. The van der Waals surface area contributed by atoms with Crippen molar-refractivity contribution < 1.29 is 15.0 Å². The number of hydrogen-bond acceptors (Lipinski definition) is 5. The minimum absolute atomic E-state index is 0.161. The van der Waals surface area contributed by atoms with Gasteiger partial charge < -0.3 is 21.3 Å². The van der Waals surface area contributed by atoms with Crippen LogP contribution in [0, 0.1) is 0 Å². The van der Waals surface area contributed by atoms with Crippen molar-refractivity contribution in [1.82, 2.24) is 0 Å². The summed E-state index contributed by atoms with van der Waals surface area (Å²) in [4.78, 5) is 11.5. The second-order valence-corrected chi connectivity index (χ2v) is 4.56. The number of carbonyl (C=O) groups is 1. The number of rotatable bonds is 6. The summed E-state index contributed by atoms with van der Waals surface area (Å²) in [5.41, 5.74) is 6.82. The first kappa shape index (κ1) is 13.8. The second-order valence-electron chi connectivity index (χ2n) is 3.53. The lowest BCUT2D eigenvalue weighted by molar-refractivity contribution is -0.113. The zero-order valence-electron chi connectivity index (χ0n) is 9.30. The lowest BCUT2D eigenvalue weighted by atomic mass is 10.3. The molecule has 94 valence electrons. The van der Waals surface area contributed by atoms with Gasteiger partial charge in [-0.2, -0.15) is 0 Å². The van der Waals surface area contributed by atoms with Crippen molar-refractivity contribution in [2.24, 2.45) is 0 Å². The smallest absolute Gasteiger partial charge is 0.234 e. The van der Waals surface area contributed by atoms with Gasteiger partial charge in [0.15, 0.2) is 0 Å². The maximum Gasteiger partial charge on any atom is 0.234 e. The van der Waals surface area contributed by atoms with E-state index in [1.807, 2.05) is 0 Å². The molecule has 0 heterocycles. The molecule has 1 unspecified atom stereocenters. The zero-order valence-corrected chi connectivity index (χ0v) is 10.1. The van der Waals surface area contributed by atoms with Crippen LogP contribution in [0.3, 0.4) is 0 Å². The van der Waals surface area contributed by atoms with Gasteiger partial charge in [0.05, 0.1) is 18.5 Å². The molecule has 0 radical (unpaired) electrons. The molecule has 0 bridgehead atoms. The van der Waals surface area contributed by atoms with Crippen LogP contribution in [0.15, 0.2) is 24.3 Å². The number of thioether (sulfide) groups is 1. The molecule has 5 nitrogen and oxygen atoms in total. The van der Waals surface area contributed by atoms with Crippen molar-refractivity contribution in [1.29, 1.82) is 0 Å². The number of carbonyl (C=O) groups excluding carboxylic acids is 1. The standard InChI is InChI=1S/C11H16N2O3S/c12-8-2-1-3-9(4-8)13-11(16)7-17-6-10(15)5-14/h1-4,10,14-15H,5-7,12H2,(H,13,16). The largest absolute Gasteiger partial charge is 0.399 e. The molecule has 17 heavy (non-hydrogen) atoms. The molecule has 6 heteroatoms. The summed E-state index contributed by atoms with van der Waals surface area (Å²) >= 11 is 1.26. The van der Waals surface area contributed by atoms with Crippen molar-refractivity contribution in [3.8, 4) is 0 Å². The first-order valence-electron chi connectivity index (χ1n) is 5.14. The molecular formula is C11H16N2O3S. The van der Waals surface area contributed by atoms with Gasteiger partial charge in [-0.05, 0) is 18.2 Å². The molecule has 1 aromatic carbocycles. The topological polar surface area (TPSA) is 95.6 Å². The second kappa shape index (κ2) is 7.16. The van der Waals surface area contributed by atoms with Crippen molar-refractivity contribution >= 4 is 29.0 Å². The highest BCUT2D eigenvalue weighted by molar-refractivity contribution is 8.00. The fourth-order valence-electron chi connectivity index (χ4n) is 1.15. The third-order valence-corrected chi connectivity index (χ3v) is 3.01. The summed E-state index contributed by atoms with van der Waals surface area (Å²) < 4.78 is 0. The Bertz CT molecular complexity index is 373. The number of benzene rings is 1. The highest BCUT2D eigenvalue weighted by atomic mass is 32.2. The fraction of sp³-hybridized carbons (Fsp3) is 0.364. The molecule has 0 fully saturated rings. The van der Waals surface area contributed by atoms with E-state index in [2.05, 4.69) is 5.32 Å². The predicted molar refractivity (Wildman–Crippen MR) is 69.9 cm³/mol. The summed E-state index contributed by atoms with van der Waals surface area (Å²) in [6.45, 7) is -0.288. The van der Waals surface area contributed by atoms with Gasteiger partial charge in [-0.1, -0.05) is 6.07 Å². The van der Waals surface area contributed by atoms with Gasteiger partial charge in [0.1, 0.15) is 0 Å². The summed E-state index contributed by atoms with van der Waals surface area (Å²) in [7, 11) is 0. The van der Waals surface area contributed by atoms with Gasteiger partial charge in [0.25, 0.3) is 0 Å². The average molecular weight is 256 g/mol. The monoisotopic (exact) mass is 256 g/mol. The maximum atomic E-state index is 11.5. The van der Waals surface area contributed by atoms with Crippen molar-refractivity contribution in [2.45, 2.75) is 6.10 Å². The number of aliphatic hydroxyl groups is 2. The van der Waals surface area contributed by atoms with Crippen LogP contribution >= 0.6 is 11.8 Å². The summed E-state index contributed by atoms with van der Waals surface area (Å²) in [5, 5.41) is 20.4. The molecule has 0 saturated heterocycles. The Hall–Kier alpha value is -1.24. The number of nitrogens with one attached hydrogen (secondary N) is 1. The van der Waals surface area contributed by atoms with Gasteiger partial charge in [-0.15, -0.1) is 11.8 Å². The van der Waals surface area contributed by atoms with Crippen LogP contribution in [0.5, 0.6) is 0 Å². The Morgan fingerprint density at radius 1 is 1.53 bits per heavy atom. The molecule has 1 amide bonds. The Labute approximate surface area is 104 Å². The van der Waals surface area contributed by atoms with E-state index < -0.39 is 6.10 Å². The van der Waals surface area contributed by atoms with Gasteiger partial charge in [0, 0.05) is 17.1 Å². The number of aliphatic hydroxyl groups excluding tert-OH is 2. The van der Waals surface area contributed by atoms with Crippen LogP contribution in [-0.2, 0) is 4.79 Å². The average Bonchev–Trinajstić information content (AvgIpc) is 2.28. The van der Waals surface area contributed by atoms with Crippen LogP contribution in [-0.4, -0.2) is 40.3 Å². The van der Waals surface area contributed by atoms with Crippen LogP contribution in [0.4, 0.5) is 11.4 Å². The fourth-order valence-corrected chi connectivity index (χ4v) is 1.91. The third kappa shape index (κ3) is 5.58. The van der Waals surface area contributed by atoms with E-state index in [4.69, 9.17) is 15.9 Å². The quantitative estimate of drug-likeness (QED) is 0.549. The zero-order chi connectivity index (χ0) is 12.7. The first-order valence-corrected chi connectivity index (χ1v) is 6.29. The van der Waals surface area contributed by atoms with E-state index in [0.717, 1.165) is 0 Å². The third-order valence-electron chi connectivity index (χ3n) is 1.92. The molecule has 0 saturated carbocycles. The predicted octanol–water partition coefficient (Wildman–Crippen LogP) is 0.294. The van der Waals surface area contributed by atoms with Gasteiger partial charge in [-0.3, -0.25) is 4.79 Å². The van der Waals surface area contributed by atoms with Crippen LogP contribution < -0.4 is 11.1 Å². The normalized spacial score (nSPS) is 12.1. The molecule has 5 N–H and O–H groups in total. The number of anilines is 2. The molecule has 1 aromatic rings. The first-order chi connectivity index (χ1) is 8.11. The highest BCUT2D eigenvalue weighted by Gasteiger charge is 2.06. The Balaban J connectivity index is 2.30. The van der Waals surface area contributed by atoms with Gasteiger partial charge in [-0.25, -0.2) is 0 Å². The van der Waals surface area contributed by atoms with Crippen LogP contribution in [0.25, 0.3) is 0 Å². The maximum absolute atomic E-state index is 11.5. The van der Waals surface area contributed by atoms with Crippen LogP contribution in [0.2, 0.25) is 0 Å². The molecule has 0 aliphatic rings. The number of hydrogen-bond donors (Lipinski definition) is 4. The number of nitrogens with two attached hydrogens (primary N) is 1. The van der Waals surface area contributed by atoms with E-state index in [1.54, 1.807) is 24.3 Å². The SMILES string of the molecule is Nc1cccc(NC(=O)CSCC(O)CO)c1. The van der Waals surface area contributed by atoms with Gasteiger partial charge >= 0.3 is 0 Å². The van der Waals surface area contributed by atoms with Crippen molar-refractivity contribution in [3.63, 3.8) is 0 Å². The van der Waals surface area contributed by atoms with Crippen molar-refractivity contribution in [3.05, 3.63) is 24.3 Å². The lowest BCUT2D eigenvalue weighted by Crippen LogP contribution is -2.19. The molecule has 0 aliphatic carbocycles. The number of amides is 1. The summed E-state index contributed by atoms with van der Waals surface area (Å²) in [6, 6.07) is 6.92. The molecule has 1 rings (SSSR count). The van der Waals surface area contributed by atoms with E-state index in [0.29, 0.717) is 17.1 Å². The lowest BCUT2D eigenvalue weighted by Gasteiger charge is -2.07. The van der Waals surface area contributed by atoms with Gasteiger partial charge in [0.2, 0.25) is 5.91 Å². The van der Waals surface area contributed by atoms with E-state index in [9.17, 15) is 4.79 Å². The minimum atomic E-state index is -0.778. The highest BCUT2D eigenvalue weighted by Crippen LogP contribution is 2.12. The molecule has 1 atom stereocenters. The van der Waals surface area contributed by atoms with E-state index >= 15 is 0 Å². The Morgan fingerprint density at radius 2 is 2.29 bits per heavy atom. The van der Waals surface area contributed by atoms with E-state index in [-0.39, 0.29) is 18.3 Å². The molecule has 0 aromatic heterocycles. The minimum Gasteiger partial charge on any atom is -0.399 e. The van der Waals surface area contributed by atoms with E-state index in [1.165, 1.54) is 11.8 Å². The summed E-state index contributed by atoms with van der Waals surface area (Å²) in [6.07, 6.45) is -0.778. The Kier molecular flexibility index (Phi) is 5.82. The van der Waals surface area contributed by atoms with Crippen LogP contribution in [0.1, 0.15) is 0 Å². The molecular weight excluding hydrogens is 240 g/mol. The number of nitrogen functional groups attached to an aromatic ring is 1.